The van der Waals surface area contributed by atoms with E-state index in [1.54, 1.807) is 19.2 Å². The number of rotatable bonds is 4. The highest BCUT2D eigenvalue weighted by Gasteiger charge is 2.22. The van der Waals surface area contributed by atoms with Crippen LogP contribution in [0.4, 0.5) is 0 Å². The van der Waals surface area contributed by atoms with Crippen molar-refractivity contribution in [2.24, 2.45) is 0 Å². The summed E-state index contributed by atoms with van der Waals surface area (Å²) >= 11 is 5.82. The van der Waals surface area contributed by atoms with Gasteiger partial charge in [0, 0.05) is 12.4 Å². The molecule has 0 atom stereocenters. The standard InChI is InChI=1S/C11H10ClN3O3/c1-2-18-7-6-13-10(12)8(11(16)17)9(7)15-5-3-4-14-15/h3-6H,2H2,1H3,(H,16,17). The van der Waals surface area contributed by atoms with Gasteiger partial charge < -0.3 is 9.84 Å². The molecule has 2 heterocycles. The first kappa shape index (κ1) is 12.4. The smallest absolute Gasteiger partial charge is 0.341 e. The van der Waals surface area contributed by atoms with Gasteiger partial charge in [0.25, 0.3) is 0 Å². The third-order valence-electron chi connectivity index (χ3n) is 2.22. The minimum Gasteiger partial charge on any atom is -0.490 e. The average Bonchev–Trinajstić information content (AvgIpc) is 2.84. The Morgan fingerprint density at radius 2 is 2.39 bits per heavy atom. The van der Waals surface area contributed by atoms with Gasteiger partial charge in [-0.1, -0.05) is 11.6 Å². The van der Waals surface area contributed by atoms with Crippen LogP contribution in [0.3, 0.4) is 0 Å². The summed E-state index contributed by atoms with van der Waals surface area (Å²) in [6, 6.07) is 1.68. The highest BCUT2D eigenvalue weighted by Crippen LogP contribution is 2.30. The van der Waals surface area contributed by atoms with Crippen LogP contribution in [-0.4, -0.2) is 32.4 Å². The Kier molecular flexibility index (Phi) is 3.47. The maximum Gasteiger partial charge on any atom is 0.341 e. The van der Waals surface area contributed by atoms with Gasteiger partial charge in [0.1, 0.15) is 16.4 Å². The van der Waals surface area contributed by atoms with Crippen LogP contribution in [0.15, 0.2) is 24.7 Å². The molecule has 0 bridgehead atoms. The lowest BCUT2D eigenvalue weighted by Crippen LogP contribution is -2.11. The zero-order valence-electron chi connectivity index (χ0n) is 9.50. The summed E-state index contributed by atoms with van der Waals surface area (Å²) in [5.74, 6) is -0.859. The van der Waals surface area contributed by atoms with Crippen molar-refractivity contribution in [1.29, 1.82) is 0 Å². The average molecular weight is 268 g/mol. The molecular weight excluding hydrogens is 258 g/mol. The first-order valence-electron chi connectivity index (χ1n) is 5.19. The summed E-state index contributed by atoms with van der Waals surface area (Å²) in [5, 5.41) is 13.1. The molecule has 0 radical (unpaired) electrons. The zero-order valence-corrected chi connectivity index (χ0v) is 10.3. The number of nitrogens with zero attached hydrogens (tertiary/aromatic N) is 3. The number of carboxylic acid groups (broad SMARTS) is 1. The fraction of sp³-hybridized carbons (Fsp3) is 0.182. The van der Waals surface area contributed by atoms with Gasteiger partial charge in [-0.05, 0) is 13.0 Å². The van der Waals surface area contributed by atoms with Crippen LogP contribution in [0, 0.1) is 0 Å². The molecule has 0 fully saturated rings. The van der Waals surface area contributed by atoms with Crippen molar-refractivity contribution in [1.82, 2.24) is 14.8 Å². The van der Waals surface area contributed by atoms with E-state index in [-0.39, 0.29) is 16.4 Å². The zero-order chi connectivity index (χ0) is 13.1. The highest BCUT2D eigenvalue weighted by atomic mass is 35.5. The van der Waals surface area contributed by atoms with Crippen molar-refractivity contribution in [2.75, 3.05) is 6.61 Å². The Labute approximate surface area is 108 Å². The Bertz CT molecular complexity index is 569. The molecule has 2 aromatic rings. The van der Waals surface area contributed by atoms with Gasteiger partial charge in [-0.15, -0.1) is 0 Å². The van der Waals surface area contributed by atoms with Gasteiger partial charge >= 0.3 is 5.97 Å². The fourth-order valence-electron chi connectivity index (χ4n) is 1.54. The number of halogens is 1. The van der Waals surface area contributed by atoms with Crippen molar-refractivity contribution in [3.63, 3.8) is 0 Å². The molecule has 0 amide bonds. The lowest BCUT2D eigenvalue weighted by atomic mass is 10.2. The summed E-state index contributed by atoms with van der Waals surface area (Å²) < 4.78 is 6.75. The molecule has 94 valence electrons. The molecule has 0 unspecified atom stereocenters. The predicted molar refractivity (Wildman–Crippen MR) is 64.5 cm³/mol. The molecular formula is C11H10ClN3O3. The molecule has 2 aromatic heterocycles. The second-order valence-electron chi connectivity index (χ2n) is 3.33. The van der Waals surface area contributed by atoms with Crippen LogP contribution >= 0.6 is 11.6 Å². The third-order valence-corrected chi connectivity index (χ3v) is 2.51. The molecule has 0 saturated heterocycles. The number of hydrogen-bond acceptors (Lipinski definition) is 4. The molecule has 0 aromatic carbocycles. The second-order valence-corrected chi connectivity index (χ2v) is 3.68. The molecule has 18 heavy (non-hydrogen) atoms. The molecule has 0 aliphatic carbocycles. The van der Waals surface area contributed by atoms with Crippen LogP contribution in [0.1, 0.15) is 17.3 Å². The van der Waals surface area contributed by atoms with Gasteiger partial charge in [0.15, 0.2) is 5.75 Å². The Balaban J connectivity index is 2.71. The van der Waals surface area contributed by atoms with Crippen LogP contribution in [0.25, 0.3) is 5.69 Å². The number of pyridine rings is 1. The molecule has 7 heteroatoms. The molecule has 0 aliphatic rings. The third kappa shape index (κ3) is 2.14. The first-order valence-corrected chi connectivity index (χ1v) is 5.57. The number of carbonyl (C=O) groups is 1. The minimum absolute atomic E-state index is 0.101. The van der Waals surface area contributed by atoms with Crippen LogP contribution in [0.2, 0.25) is 5.15 Å². The number of carboxylic acids is 1. The van der Waals surface area contributed by atoms with E-state index >= 15 is 0 Å². The van der Waals surface area contributed by atoms with Gasteiger partial charge in [-0.25, -0.2) is 14.5 Å². The maximum absolute atomic E-state index is 11.3. The molecule has 0 saturated carbocycles. The Morgan fingerprint density at radius 3 is 2.94 bits per heavy atom. The van der Waals surface area contributed by atoms with Crippen LogP contribution in [0.5, 0.6) is 5.75 Å². The van der Waals surface area contributed by atoms with Crippen LogP contribution < -0.4 is 4.74 Å². The lowest BCUT2D eigenvalue weighted by Gasteiger charge is -2.13. The van der Waals surface area contributed by atoms with Crippen molar-refractivity contribution in [2.45, 2.75) is 6.92 Å². The van der Waals surface area contributed by atoms with E-state index in [0.717, 1.165) is 0 Å². The largest absolute Gasteiger partial charge is 0.490 e. The second kappa shape index (κ2) is 5.05. The normalized spacial score (nSPS) is 10.3. The predicted octanol–water partition coefficient (Wildman–Crippen LogP) is 2.02. The van der Waals surface area contributed by atoms with E-state index in [1.807, 2.05) is 0 Å². The maximum atomic E-state index is 11.3. The quantitative estimate of drug-likeness (QED) is 0.858. The molecule has 2 rings (SSSR count). The fourth-order valence-corrected chi connectivity index (χ4v) is 1.76. The molecule has 6 nitrogen and oxygen atoms in total. The summed E-state index contributed by atoms with van der Waals surface area (Å²) in [4.78, 5) is 15.1. The van der Waals surface area contributed by atoms with Crippen molar-refractivity contribution in [3.05, 3.63) is 35.4 Å². The van der Waals surface area contributed by atoms with E-state index in [9.17, 15) is 9.90 Å². The summed E-state index contributed by atoms with van der Waals surface area (Å²) in [6.07, 6.45) is 4.53. The summed E-state index contributed by atoms with van der Waals surface area (Å²) in [6.45, 7) is 2.18. The number of aromatic nitrogens is 3. The van der Waals surface area contributed by atoms with Crippen molar-refractivity contribution < 1.29 is 14.6 Å². The van der Waals surface area contributed by atoms with E-state index in [1.165, 1.54) is 17.1 Å². The molecule has 0 aliphatic heterocycles. The number of aromatic carboxylic acids is 1. The SMILES string of the molecule is CCOc1cnc(Cl)c(C(=O)O)c1-n1cccn1. The highest BCUT2D eigenvalue weighted by molar-refractivity contribution is 6.32. The molecule has 1 N–H and O–H groups in total. The summed E-state index contributed by atoms with van der Waals surface area (Å²) in [7, 11) is 0. The summed E-state index contributed by atoms with van der Waals surface area (Å²) in [5.41, 5.74) is 0.140. The van der Waals surface area contributed by atoms with Crippen LogP contribution in [-0.2, 0) is 0 Å². The Hall–Kier alpha value is -2.08. The van der Waals surface area contributed by atoms with E-state index < -0.39 is 5.97 Å². The van der Waals surface area contributed by atoms with E-state index in [2.05, 4.69) is 10.1 Å². The molecule has 0 spiro atoms. The van der Waals surface area contributed by atoms with Gasteiger partial charge in [0.2, 0.25) is 0 Å². The van der Waals surface area contributed by atoms with Crippen molar-refractivity contribution >= 4 is 17.6 Å². The topological polar surface area (TPSA) is 77.2 Å². The Morgan fingerprint density at radius 1 is 1.61 bits per heavy atom. The monoisotopic (exact) mass is 267 g/mol. The van der Waals surface area contributed by atoms with Crippen molar-refractivity contribution in [3.8, 4) is 11.4 Å². The number of hydrogen-bond donors (Lipinski definition) is 1. The van der Waals surface area contributed by atoms with Gasteiger partial charge in [-0.3, -0.25) is 0 Å². The number of ether oxygens (including phenoxy) is 1. The minimum atomic E-state index is -1.18. The van der Waals surface area contributed by atoms with E-state index in [4.69, 9.17) is 16.3 Å². The first-order chi connectivity index (χ1) is 8.65. The van der Waals surface area contributed by atoms with E-state index in [0.29, 0.717) is 12.4 Å². The van der Waals surface area contributed by atoms with Gasteiger partial charge in [0.05, 0.1) is 12.8 Å². The van der Waals surface area contributed by atoms with Gasteiger partial charge in [-0.2, -0.15) is 5.10 Å². The lowest BCUT2D eigenvalue weighted by molar-refractivity contribution is 0.0696.